The van der Waals surface area contributed by atoms with E-state index >= 15 is 0 Å². The first-order chi connectivity index (χ1) is 5.48. The van der Waals surface area contributed by atoms with Crippen LogP contribution in [0.3, 0.4) is 0 Å². The monoisotopic (exact) mass is 173 g/mol. The van der Waals surface area contributed by atoms with Crippen molar-refractivity contribution >= 4 is 0 Å². The smallest absolute Gasteiger partial charge is 0.0631 e. The molecule has 0 aromatic rings. The van der Waals surface area contributed by atoms with Gasteiger partial charge in [0.15, 0.2) is 0 Å². The lowest BCUT2D eigenvalue weighted by atomic mass is 9.97. The molecule has 0 saturated carbocycles. The molecule has 0 aromatic carbocycles. The number of hydrogen-bond acceptors (Lipinski definition) is 2. The Morgan fingerprint density at radius 1 is 1.33 bits per heavy atom. The SMILES string of the molecule is CCCC(C)(O)CCNC(C)C. The molecule has 0 spiro atoms. The van der Waals surface area contributed by atoms with Gasteiger partial charge in [0.2, 0.25) is 0 Å². The Morgan fingerprint density at radius 2 is 1.92 bits per heavy atom. The van der Waals surface area contributed by atoms with Crippen LogP contribution in [-0.2, 0) is 0 Å². The Kier molecular flexibility index (Phi) is 5.51. The molecule has 2 N–H and O–H groups in total. The van der Waals surface area contributed by atoms with E-state index < -0.39 is 5.60 Å². The van der Waals surface area contributed by atoms with Gasteiger partial charge in [0.25, 0.3) is 0 Å². The third-order valence-corrected chi connectivity index (χ3v) is 2.00. The van der Waals surface area contributed by atoms with Gasteiger partial charge in [-0.2, -0.15) is 0 Å². The molecule has 12 heavy (non-hydrogen) atoms. The van der Waals surface area contributed by atoms with Crippen molar-refractivity contribution in [3.63, 3.8) is 0 Å². The van der Waals surface area contributed by atoms with Gasteiger partial charge in [0.05, 0.1) is 5.60 Å². The number of aliphatic hydroxyl groups is 1. The second kappa shape index (κ2) is 5.55. The Labute approximate surface area is 76.4 Å². The van der Waals surface area contributed by atoms with Crippen LogP contribution >= 0.6 is 0 Å². The van der Waals surface area contributed by atoms with E-state index in [-0.39, 0.29) is 0 Å². The lowest BCUT2D eigenvalue weighted by Gasteiger charge is -2.23. The standard InChI is InChI=1S/C10H23NO/c1-5-6-10(4,12)7-8-11-9(2)3/h9,11-12H,5-8H2,1-4H3. The van der Waals surface area contributed by atoms with Crippen molar-refractivity contribution in [2.75, 3.05) is 6.54 Å². The minimum absolute atomic E-state index is 0.476. The van der Waals surface area contributed by atoms with Crippen molar-refractivity contribution in [3.8, 4) is 0 Å². The molecule has 0 fully saturated rings. The molecule has 0 aromatic heterocycles. The first-order valence-electron chi connectivity index (χ1n) is 4.93. The summed E-state index contributed by atoms with van der Waals surface area (Å²) in [6.45, 7) is 9.16. The Morgan fingerprint density at radius 3 is 2.33 bits per heavy atom. The van der Waals surface area contributed by atoms with E-state index in [1.807, 2.05) is 6.92 Å². The fourth-order valence-corrected chi connectivity index (χ4v) is 1.29. The average molecular weight is 173 g/mol. The third kappa shape index (κ3) is 6.62. The van der Waals surface area contributed by atoms with E-state index in [9.17, 15) is 5.11 Å². The van der Waals surface area contributed by atoms with Gasteiger partial charge in [-0.15, -0.1) is 0 Å². The van der Waals surface area contributed by atoms with E-state index in [0.29, 0.717) is 6.04 Å². The summed E-state index contributed by atoms with van der Waals surface area (Å²) in [6.07, 6.45) is 2.79. The topological polar surface area (TPSA) is 32.3 Å². The normalized spacial score (nSPS) is 16.5. The molecule has 1 atom stereocenters. The van der Waals surface area contributed by atoms with E-state index in [1.165, 1.54) is 0 Å². The first kappa shape index (κ1) is 11.9. The highest BCUT2D eigenvalue weighted by molar-refractivity contribution is 4.73. The third-order valence-electron chi connectivity index (χ3n) is 2.00. The highest BCUT2D eigenvalue weighted by Gasteiger charge is 2.17. The van der Waals surface area contributed by atoms with Crippen molar-refractivity contribution in [1.82, 2.24) is 5.32 Å². The number of nitrogens with one attached hydrogen (secondary N) is 1. The summed E-state index contributed by atoms with van der Waals surface area (Å²) in [6, 6.07) is 0.516. The molecule has 0 radical (unpaired) electrons. The van der Waals surface area contributed by atoms with Gasteiger partial charge in [0, 0.05) is 6.04 Å². The molecule has 0 heterocycles. The van der Waals surface area contributed by atoms with Crippen LogP contribution < -0.4 is 5.32 Å². The van der Waals surface area contributed by atoms with Crippen molar-refractivity contribution in [1.29, 1.82) is 0 Å². The van der Waals surface area contributed by atoms with E-state index in [1.54, 1.807) is 0 Å². The van der Waals surface area contributed by atoms with Gasteiger partial charge in [0.1, 0.15) is 0 Å². The molecule has 2 nitrogen and oxygen atoms in total. The predicted octanol–water partition coefficient (Wildman–Crippen LogP) is 1.93. The maximum Gasteiger partial charge on any atom is 0.0631 e. The van der Waals surface area contributed by atoms with E-state index in [2.05, 4.69) is 26.1 Å². The number of rotatable bonds is 6. The first-order valence-corrected chi connectivity index (χ1v) is 4.93. The lowest BCUT2D eigenvalue weighted by Crippen LogP contribution is -2.32. The van der Waals surface area contributed by atoms with Crippen molar-refractivity contribution in [2.24, 2.45) is 0 Å². The zero-order valence-corrected chi connectivity index (χ0v) is 8.85. The van der Waals surface area contributed by atoms with Gasteiger partial charge in [-0.05, 0) is 26.3 Å². The van der Waals surface area contributed by atoms with Gasteiger partial charge in [-0.3, -0.25) is 0 Å². The molecular weight excluding hydrogens is 150 g/mol. The molecule has 1 unspecified atom stereocenters. The van der Waals surface area contributed by atoms with Crippen molar-refractivity contribution in [2.45, 2.75) is 58.6 Å². The molecule has 74 valence electrons. The van der Waals surface area contributed by atoms with Gasteiger partial charge in [-0.25, -0.2) is 0 Å². The van der Waals surface area contributed by atoms with Crippen molar-refractivity contribution < 1.29 is 5.11 Å². The zero-order valence-electron chi connectivity index (χ0n) is 8.85. The molecule has 0 aliphatic heterocycles. The maximum atomic E-state index is 9.79. The predicted molar refractivity (Wildman–Crippen MR) is 53.3 cm³/mol. The largest absolute Gasteiger partial charge is 0.390 e. The summed E-state index contributed by atoms with van der Waals surface area (Å²) >= 11 is 0. The van der Waals surface area contributed by atoms with Crippen LogP contribution in [0.4, 0.5) is 0 Å². The average Bonchev–Trinajstić information content (AvgIpc) is 1.85. The zero-order chi connectivity index (χ0) is 9.61. The van der Waals surface area contributed by atoms with Gasteiger partial charge >= 0.3 is 0 Å². The summed E-state index contributed by atoms with van der Waals surface area (Å²) in [4.78, 5) is 0. The highest BCUT2D eigenvalue weighted by Crippen LogP contribution is 2.15. The second-order valence-electron chi connectivity index (χ2n) is 4.11. The molecule has 2 heteroatoms. The second-order valence-corrected chi connectivity index (χ2v) is 4.11. The number of hydrogen-bond donors (Lipinski definition) is 2. The van der Waals surface area contributed by atoms with Crippen LogP contribution in [-0.4, -0.2) is 23.3 Å². The molecular formula is C10H23NO. The molecule has 0 saturated heterocycles. The summed E-state index contributed by atoms with van der Waals surface area (Å²) in [5.41, 5.74) is -0.476. The Bertz CT molecular complexity index is 110. The Balaban J connectivity index is 3.46. The minimum atomic E-state index is -0.476. The van der Waals surface area contributed by atoms with Crippen molar-refractivity contribution in [3.05, 3.63) is 0 Å². The Hall–Kier alpha value is -0.0800. The fraction of sp³-hybridized carbons (Fsp3) is 1.00. The summed E-state index contributed by atoms with van der Waals surface area (Å²) < 4.78 is 0. The fourth-order valence-electron chi connectivity index (χ4n) is 1.29. The van der Waals surface area contributed by atoms with Crippen LogP contribution in [0, 0.1) is 0 Å². The van der Waals surface area contributed by atoms with Crippen LogP contribution in [0.5, 0.6) is 0 Å². The summed E-state index contributed by atoms with van der Waals surface area (Å²) in [5.74, 6) is 0. The molecule has 0 rings (SSSR count). The molecule has 0 amide bonds. The van der Waals surface area contributed by atoms with Gasteiger partial charge < -0.3 is 10.4 Å². The molecule has 0 aliphatic carbocycles. The van der Waals surface area contributed by atoms with E-state index in [4.69, 9.17) is 0 Å². The lowest BCUT2D eigenvalue weighted by molar-refractivity contribution is 0.0411. The van der Waals surface area contributed by atoms with Crippen LogP contribution in [0.15, 0.2) is 0 Å². The summed E-state index contributed by atoms with van der Waals surface area (Å²) in [5, 5.41) is 13.1. The highest BCUT2D eigenvalue weighted by atomic mass is 16.3. The summed E-state index contributed by atoms with van der Waals surface area (Å²) in [7, 11) is 0. The maximum absolute atomic E-state index is 9.79. The van der Waals surface area contributed by atoms with Crippen LogP contribution in [0.1, 0.15) is 47.0 Å². The van der Waals surface area contributed by atoms with E-state index in [0.717, 1.165) is 25.8 Å². The minimum Gasteiger partial charge on any atom is -0.390 e. The van der Waals surface area contributed by atoms with Crippen LogP contribution in [0.2, 0.25) is 0 Å². The van der Waals surface area contributed by atoms with Gasteiger partial charge in [-0.1, -0.05) is 27.2 Å². The van der Waals surface area contributed by atoms with Crippen LogP contribution in [0.25, 0.3) is 0 Å². The quantitative estimate of drug-likeness (QED) is 0.643. The molecule has 0 bridgehead atoms. The molecule has 0 aliphatic rings.